The van der Waals surface area contributed by atoms with Crippen LogP contribution in [0.4, 0.5) is 0 Å². The van der Waals surface area contributed by atoms with E-state index >= 15 is 0 Å². The number of carbonyl (C=O) groups is 1. The molecule has 21 heavy (non-hydrogen) atoms. The van der Waals surface area contributed by atoms with Gasteiger partial charge in [-0.25, -0.2) is 9.78 Å². The van der Waals surface area contributed by atoms with Crippen LogP contribution >= 0.6 is 11.3 Å². The van der Waals surface area contributed by atoms with E-state index in [1.165, 1.54) is 5.56 Å². The second kappa shape index (κ2) is 5.50. The molecule has 0 saturated heterocycles. The number of aromatic nitrogens is 1. The fourth-order valence-corrected chi connectivity index (χ4v) is 2.85. The largest absolute Gasteiger partial charge is 0.478 e. The van der Waals surface area contributed by atoms with Crippen LogP contribution in [0.25, 0.3) is 21.8 Å². The predicted octanol–water partition coefficient (Wildman–Crippen LogP) is 4.48. The molecule has 0 spiro atoms. The van der Waals surface area contributed by atoms with Crippen LogP contribution in [0.15, 0.2) is 53.9 Å². The molecule has 3 aromatic rings. The summed E-state index contributed by atoms with van der Waals surface area (Å²) in [5.41, 5.74) is 4.47. The summed E-state index contributed by atoms with van der Waals surface area (Å²) >= 11 is 1.56. The van der Waals surface area contributed by atoms with Crippen LogP contribution in [0.5, 0.6) is 0 Å². The number of carboxylic acids is 1. The molecule has 1 heterocycles. The minimum Gasteiger partial charge on any atom is -0.478 e. The molecule has 0 saturated carbocycles. The number of rotatable bonds is 3. The smallest absolute Gasteiger partial charge is 0.335 e. The number of aromatic carboxylic acids is 1. The molecule has 0 atom stereocenters. The van der Waals surface area contributed by atoms with E-state index in [-0.39, 0.29) is 5.56 Å². The molecule has 1 N–H and O–H groups in total. The number of nitrogens with zero attached hydrogens (tertiary/aromatic N) is 1. The number of hydrogen-bond donors (Lipinski definition) is 1. The topological polar surface area (TPSA) is 50.2 Å². The second-order valence-electron chi connectivity index (χ2n) is 4.79. The van der Waals surface area contributed by atoms with Gasteiger partial charge in [0.1, 0.15) is 5.01 Å². The van der Waals surface area contributed by atoms with Crippen LogP contribution in [-0.2, 0) is 0 Å². The monoisotopic (exact) mass is 295 g/mol. The number of thiazole rings is 1. The highest BCUT2D eigenvalue weighted by Crippen LogP contribution is 2.29. The Morgan fingerprint density at radius 1 is 1.00 bits per heavy atom. The van der Waals surface area contributed by atoms with E-state index in [0.717, 1.165) is 21.8 Å². The van der Waals surface area contributed by atoms with E-state index in [1.54, 1.807) is 35.6 Å². The lowest BCUT2D eigenvalue weighted by Gasteiger charge is -1.99. The zero-order valence-corrected chi connectivity index (χ0v) is 12.2. The normalized spacial score (nSPS) is 10.5. The molecule has 104 valence electrons. The molecular weight excluding hydrogens is 282 g/mol. The average molecular weight is 295 g/mol. The fourth-order valence-electron chi connectivity index (χ4n) is 2.02. The van der Waals surface area contributed by atoms with Gasteiger partial charge in [0.2, 0.25) is 0 Å². The maximum Gasteiger partial charge on any atom is 0.335 e. The first-order chi connectivity index (χ1) is 10.1. The van der Waals surface area contributed by atoms with Crippen molar-refractivity contribution in [1.82, 2.24) is 4.98 Å². The van der Waals surface area contributed by atoms with E-state index in [9.17, 15) is 4.79 Å². The zero-order chi connectivity index (χ0) is 14.8. The van der Waals surface area contributed by atoms with Crippen molar-refractivity contribution in [3.05, 3.63) is 65.0 Å². The Morgan fingerprint density at radius 3 is 2.24 bits per heavy atom. The number of benzene rings is 2. The molecule has 0 aliphatic heterocycles. The van der Waals surface area contributed by atoms with Gasteiger partial charge in [-0.3, -0.25) is 0 Å². The Morgan fingerprint density at radius 2 is 1.62 bits per heavy atom. The third kappa shape index (κ3) is 2.85. The predicted molar refractivity (Wildman–Crippen MR) is 84.7 cm³/mol. The Hall–Kier alpha value is -2.46. The van der Waals surface area contributed by atoms with Gasteiger partial charge in [0.15, 0.2) is 0 Å². The molecule has 3 rings (SSSR count). The highest BCUT2D eigenvalue weighted by atomic mass is 32.1. The number of hydrogen-bond acceptors (Lipinski definition) is 3. The first kappa shape index (κ1) is 13.5. The summed E-state index contributed by atoms with van der Waals surface area (Å²) < 4.78 is 0. The summed E-state index contributed by atoms with van der Waals surface area (Å²) in [4.78, 5) is 15.5. The van der Waals surface area contributed by atoms with Crippen molar-refractivity contribution >= 4 is 17.3 Å². The summed E-state index contributed by atoms with van der Waals surface area (Å²) in [6, 6.07) is 15.0. The summed E-state index contributed by atoms with van der Waals surface area (Å²) in [5.74, 6) is -0.916. The number of aryl methyl sites for hydroxylation is 1. The SMILES string of the molecule is Cc1ccc(-c2csc(-c3ccc(C(=O)O)cc3)n2)cc1. The highest BCUT2D eigenvalue weighted by molar-refractivity contribution is 7.13. The van der Waals surface area contributed by atoms with Crippen LogP contribution in [0, 0.1) is 6.92 Å². The third-order valence-electron chi connectivity index (χ3n) is 3.23. The molecule has 1 aromatic heterocycles. The molecule has 0 unspecified atom stereocenters. The first-order valence-electron chi connectivity index (χ1n) is 6.50. The van der Waals surface area contributed by atoms with Crippen molar-refractivity contribution in [2.75, 3.05) is 0 Å². The summed E-state index contributed by atoms with van der Waals surface area (Å²) in [5, 5.41) is 11.8. The molecule has 3 nitrogen and oxygen atoms in total. The summed E-state index contributed by atoms with van der Waals surface area (Å²) in [7, 11) is 0. The Labute approximate surface area is 126 Å². The standard InChI is InChI=1S/C17H13NO2S/c1-11-2-4-12(5-3-11)15-10-21-16(18-15)13-6-8-14(9-7-13)17(19)20/h2-10H,1H3,(H,19,20). The first-order valence-corrected chi connectivity index (χ1v) is 7.38. The van der Waals surface area contributed by atoms with Gasteiger partial charge in [-0.15, -0.1) is 11.3 Å². The van der Waals surface area contributed by atoms with Gasteiger partial charge in [-0.1, -0.05) is 42.0 Å². The van der Waals surface area contributed by atoms with Crippen LogP contribution in [0.1, 0.15) is 15.9 Å². The van der Waals surface area contributed by atoms with Gasteiger partial charge in [0, 0.05) is 16.5 Å². The van der Waals surface area contributed by atoms with Gasteiger partial charge >= 0.3 is 5.97 Å². The van der Waals surface area contributed by atoms with Crippen molar-refractivity contribution in [1.29, 1.82) is 0 Å². The second-order valence-corrected chi connectivity index (χ2v) is 5.64. The molecule has 2 aromatic carbocycles. The molecule has 0 fully saturated rings. The minimum atomic E-state index is -0.916. The maximum atomic E-state index is 10.9. The molecule has 0 bridgehead atoms. The van der Waals surface area contributed by atoms with Gasteiger partial charge in [-0.05, 0) is 19.1 Å². The Bertz CT molecular complexity index is 773. The molecule has 0 aliphatic rings. The molecular formula is C17H13NO2S. The Balaban J connectivity index is 1.90. The van der Waals surface area contributed by atoms with Crippen molar-refractivity contribution in [3.8, 4) is 21.8 Å². The van der Waals surface area contributed by atoms with E-state index in [4.69, 9.17) is 5.11 Å². The Kier molecular flexibility index (Phi) is 3.54. The van der Waals surface area contributed by atoms with Crippen molar-refractivity contribution in [2.45, 2.75) is 6.92 Å². The van der Waals surface area contributed by atoms with E-state index in [1.807, 2.05) is 5.38 Å². The van der Waals surface area contributed by atoms with Gasteiger partial charge < -0.3 is 5.11 Å². The molecule has 0 aliphatic carbocycles. The number of carboxylic acid groups (broad SMARTS) is 1. The lowest BCUT2D eigenvalue weighted by atomic mass is 10.1. The van der Waals surface area contributed by atoms with E-state index < -0.39 is 5.97 Å². The van der Waals surface area contributed by atoms with Crippen LogP contribution < -0.4 is 0 Å². The quantitative estimate of drug-likeness (QED) is 0.775. The van der Waals surface area contributed by atoms with Gasteiger partial charge in [0.05, 0.1) is 11.3 Å². The molecule has 4 heteroatoms. The van der Waals surface area contributed by atoms with E-state index in [0.29, 0.717) is 0 Å². The fraction of sp³-hybridized carbons (Fsp3) is 0.0588. The zero-order valence-electron chi connectivity index (χ0n) is 11.4. The van der Waals surface area contributed by atoms with Crippen molar-refractivity contribution < 1.29 is 9.90 Å². The van der Waals surface area contributed by atoms with Crippen molar-refractivity contribution in [3.63, 3.8) is 0 Å². The van der Waals surface area contributed by atoms with Gasteiger partial charge in [0.25, 0.3) is 0 Å². The lowest BCUT2D eigenvalue weighted by molar-refractivity contribution is 0.0697. The van der Waals surface area contributed by atoms with E-state index in [2.05, 4.69) is 36.2 Å². The van der Waals surface area contributed by atoms with Crippen LogP contribution in [0.2, 0.25) is 0 Å². The van der Waals surface area contributed by atoms with Crippen LogP contribution in [0.3, 0.4) is 0 Å². The minimum absolute atomic E-state index is 0.286. The molecule has 0 amide bonds. The summed E-state index contributed by atoms with van der Waals surface area (Å²) in [6.45, 7) is 2.06. The molecule has 0 radical (unpaired) electrons. The van der Waals surface area contributed by atoms with Crippen LogP contribution in [-0.4, -0.2) is 16.1 Å². The lowest BCUT2D eigenvalue weighted by Crippen LogP contribution is -1.94. The average Bonchev–Trinajstić information content (AvgIpc) is 2.98. The van der Waals surface area contributed by atoms with Crippen molar-refractivity contribution in [2.24, 2.45) is 0 Å². The summed E-state index contributed by atoms with van der Waals surface area (Å²) in [6.07, 6.45) is 0. The third-order valence-corrected chi connectivity index (χ3v) is 4.12. The maximum absolute atomic E-state index is 10.9. The van der Waals surface area contributed by atoms with Gasteiger partial charge in [-0.2, -0.15) is 0 Å². The highest BCUT2D eigenvalue weighted by Gasteiger charge is 2.08.